The SMILES string of the molecule is O=C(Nc1ccncc1)c1nnn(-c2ccccc2)n1. The van der Waals surface area contributed by atoms with Gasteiger partial charge >= 0.3 is 0 Å². The maximum atomic E-state index is 11.9. The van der Waals surface area contributed by atoms with E-state index in [2.05, 4.69) is 25.7 Å². The van der Waals surface area contributed by atoms with Gasteiger partial charge in [0.1, 0.15) is 0 Å². The molecule has 0 saturated heterocycles. The van der Waals surface area contributed by atoms with Gasteiger partial charge in [-0.1, -0.05) is 18.2 Å². The summed E-state index contributed by atoms with van der Waals surface area (Å²) in [5.74, 6) is -0.413. The third kappa shape index (κ3) is 2.51. The fourth-order valence-corrected chi connectivity index (χ4v) is 1.60. The molecule has 7 nitrogen and oxygen atoms in total. The molecule has 0 aliphatic rings. The van der Waals surface area contributed by atoms with Gasteiger partial charge in [0.05, 0.1) is 5.69 Å². The zero-order valence-electron chi connectivity index (χ0n) is 10.3. The van der Waals surface area contributed by atoms with Crippen LogP contribution in [0.2, 0.25) is 0 Å². The second-order valence-corrected chi connectivity index (χ2v) is 3.93. The second-order valence-electron chi connectivity index (χ2n) is 3.93. The van der Waals surface area contributed by atoms with Gasteiger partial charge in [-0.3, -0.25) is 9.78 Å². The van der Waals surface area contributed by atoms with Crippen LogP contribution < -0.4 is 5.32 Å². The Labute approximate surface area is 114 Å². The molecular formula is C13H10N6O. The average Bonchev–Trinajstić information content (AvgIpc) is 2.99. The Hall–Kier alpha value is -3.09. The summed E-state index contributed by atoms with van der Waals surface area (Å²) >= 11 is 0. The van der Waals surface area contributed by atoms with Crippen LogP contribution in [0.15, 0.2) is 54.9 Å². The van der Waals surface area contributed by atoms with Gasteiger partial charge in [-0.15, -0.1) is 15.0 Å². The van der Waals surface area contributed by atoms with Crippen LogP contribution in [-0.2, 0) is 0 Å². The first kappa shape index (κ1) is 12.0. The number of amides is 1. The van der Waals surface area contributed by atoms with E-state index < -0.39 is 5.91 Å². The van der Waals surface area contributed by atoms with Crippen LogP contribution in [-0.4, -0.2) is 31.1 Å². The number of anilines is 1. The molecule has 0 fully saturated rings. The normalized spacial score (nSPS) is 10.2. The molecule has 3 aromatic rings. The van der Waals surface area contributed by atoms with Gasteiger partial charge in [-0.05, 0) is 29.5 Å². The van der Waals surface area contributed by atoms with Crippen molar-refractivity contribution in [1.29, 1.82) is 0 Å². The monoisotopic (exact) mass is 266 g/mol. The number of aromatic nitrogens is 5. The van der Waals surface area contributed by atoms with E-state index in [4.69, 9.17) is 0 Å². The molecule has 1 N–H and O–H groups in total. The molecule has 7 heteroatoms. The number of tetrazole rings is 1. The number of benzene rings is 1. The lowest BCUT2D eigenvalue weighted by atomic mass is 10.3. The Morgan fingerprint density at radius 1 is 1.05 bits per heavy atom. The predicted octanol–water partition coefficient (Wildman–Crippen LogP) is 1.31. The lowest BCUT2D eigenvalue weighted by Gasteiger charge is -2.00. The van der Waals surface area contributed by atoms with Gasteiger partial charge in [-0.25, -0.2) is 0 Å². The van der Waals surface area contributed by atoms with Crippen molar-refractivity contribution in [3.05, 3.63) is 60.7 Å². The van der Waals surface area contributed by atoms with Crippen LogP contribution in [0.5, 0.6) is 0 Å². The summed E-state index contributed by atoms with van der Waals surface area (Å²) in [5, 5.41) is 14.3. The highest BCUT2D eigenvalue weighted by Gasteiger charge is 2.13. The minimum Gasteiger partial charge on any atom is -0.319 e. The van der Waals surface area contributed by atoms with Crippen molar-refractivity contribution in [2.75, 3.05) is 5.32 Å². The van der Waals surface area contributed by atoms with E-state index >= 15 is 0 Å². The number of carbonyl (C=O) groups excluding carboxylic acids is 1. The summed E-state index contributed by atoms with van der Waals surface area (Å²) in [6, 6.07) is 12.6. The Bertz CT molecular complexity index is 710. The van der Waals surface area contributed by atoms with Crippen molar-refractivity contribution < 1.29 is 4.79 Å². The van der Waals surface area contributed by atoms with Gasteiger partial charge in [0.15, 0.2) is 0 Å². The van der Waals surface area contributed by atoms with Crippen LogP contribution >= 0.6 is 0 Å². The summed E-state index contributed by atoms with van der Waals surface area (Å²) in [7, 11) is 0. The number of para-hydroxylation sites is 1. The zero-order chi connectivity index (χ0) is 13.8. The molecule has 0 bridgehead atoms. The summed E-state index contributed by atoms with van der Waals surface area (Å²) in [6.45, 7) is 0. The minimum absolute atomic E-state index is 0.00525. The van der Waals surface area contributed by atoms with Crippen LogP contribution in [0.3, 0.4) is 0 Å². The molecule has 20 heavy (non-hydrogen) atoms. The Kier molecular flexibility index (Phi) is 3.15. The van der Waals surface area contributed by atoms with E-state index in [0.717, 1.165) is 5.69 Å². The van der Waals surface area contributed by atoms with Crippen LogP contribution in [0, 0.1) is 0 Å². The largest absolute Gasteiger partial charge is 0.319 e. The van der Waals surface area contributed by atoms with Crippen LogP contribution in [0.25, 0.3) is 5.69 Å². The van der Waals surface area contributed by atoms with Crippen molar-refractivity contribution >= 4 is 11.6 Å². The van der Waals surface area contributed by atoms with E-state index in [1.165, 1.54) is 4.80 Å². The van der Waals surface area contributed by atoms with E-state index in [1.807, 2.05) is 30.3 Å². The highest BCUT2D eigenvalue weighted by Crippen LogP contribution is 2.06. The number of nitrogens with zero attached hydrogens (tertiary/aromatic N) is 5. The minimum atomic E-state index is -0.418. The quantitative estimate of drug-likeness (QED) is 0.772. The molecule has 3 rings (SSSR count). The van der Waals surface area contributed by atoms with E-state index in [1.54, 1.807) is 24.5 Å². The molecule has 2 heterocycles. The van der Waals surface area contributed by atoms with Gasteiger partial charge in [0, 0.05) is 18.1 Å². The molecule has 98 valence electrons. The molecule has 0 spiro atoms. The number of carbonyl (C=O) groups is 1. The predicted molar refractivity (Wildman–Crippen MR) is 71.3 cm³/mol. The number of hydrogen-bond donors (Lipinski definition) is 1. The first-order chi connectivity index (χ1) is 9.83. The maximum Gasteiger partial charge on any atom is 0.297 e. The molecule has 2 aromatic heterocycles. The summed E-state index contributed by atoms with van der Waals surface area (Å²) in [5.41, 5.74) is 1.36. The van der Waals surface area contributed by atoms with E-state index in [9.17, 15) is 4.79 Å². The highest BCUT2D eigenvalue weighted by molar-refractivity contribution is 6.01. The van der Waals surface area contributed by atoms with Crippen molar-refractivity contribution in [2.45, 2.75) is 0 Å². The molecule has 0 unspecified atom stereocenters. The second kappa shape index (κ2) is 5.27. The fraction of sp³-hybridized carbons (Fsp3) is 0. The Balaban J connectivity index is 1.79. The topological polar surface area (TPSA) is 85.6 Å². The van der Waals surface area contributed by atoms with E-state index in [0.29, 0.717) is 5.69 Å². The molecule has 0 saturated carbocycles. The van der Waals surface area contributed by atoms with Gasteiger partial charge in [-0.2, -0.15) is 0 Å². The summed E-state index contributed by atoms with van der Waals surface area (Å²) < 4.78 is 0. The highest BCUT2D eigenvalue weighted by atomic mass is 16.2. The van der Waals surface area contributed by atoms with Crippen LogP contribution in [0.4, 0.5) is 5.69 Å². The summed E-state index contributed by atoms with van der Waals surface area (Å²) in [4.78, 5) is 17.1. The number of rotatable bonds is 3. The lowest BCUT2D eigenvalue weighted by Crippen LogP contribution is -2.14. The first-order valence-electron chi connectivity index (χ1n) is 5.90. The average molecular weight is 266 g/mol. The van der Waals surface area contributed by atoms with Crippen molar-refractivity contribution in [3.8, 4) is 5.69 Å². The molecule has 0 aliphatic heterocycles. The van der Waals surface area contributed by atoms with Crippen molar-refractivity contribution in [3.63, 3.8) is 0 Å². The van der Waals surface area contributed by atoms with E-state index in [-0.39, 0.29) is 5.82 Å². The van der Waals surface area contributed by atoms with Crippen molar-refractivity contribution in [1.82, 2.24) is 25.2 Å². The van der Waals surface area contributed by atoms with Gasteiger partial charge in [0.25, 0.3) is 11.7 Å². The number of hydrogen-bond acceptors (Lipinski definition) is 5. The zero-order valence-corrected chi connectivity index (χ0v) is 10.3. The van der Waals surface area contributed by atoms with Gasteiger partial charge in [0.2, 0.25) is 0 Å². The molecule has 1 aromatic carbocycles. The lowest BCUT2D eigenvalue weighted by molar-refractivity contribution is 0.101. The smallest absolute Gasteiger partial charge is 0.297 e. The third-order valence-electron chi connectivity index (χ3n) is 2.54. The maximum absolute atomic E-state index is 11.9. The molecule has 0 atom stereocenters. The summed E-state index contributed by atoms with van der Waals surface area (Å²) in [6.07, 6.45) is 3.17. The Morgan fingerprint density at radius 2 is 1.80 bits per heavy atom. The molecular weight excluding hydrogens is 256 g/mol. The number of pyridine rings is 1. The molecule has 0 radical (unpaired) electrons. The fourth-order valence-electron chi connectivity index (χ4n) is 1.60. The Morgan fingerprint density at radius 3 is 2.55 bits per heavy atom. The van der Waals surface area contributed by atoms with Crippen molar-refractivity contribution in [2.24, 2.45) is 0 Å². The third-order valence-corrected chi connectivity index (χ3v) is 2.54. The molecule has 0 aliphatic carbocycles. The number of nitrogens with one attached hydrogen (secondary N) is 1. The van der Waals surface area contributed by atoms with Gasteiger partial charge < -0.3 is 5.32 Å². The molecule has 1 amide bonds. The first-order valence-corrected chi connectivity index (χ1v) is 5.90. The standard InChI is InChI=1S/C13H10N6O/c20-13(15-10-6-8-14-9-7-10)12-16-18-19(17-12)11-4-2-1-3-5-11/h1-9H,(H,14,15,20). The van der Waals surface area contributed by atoms with Crippen LogP contribution in [0.1, 0.15) is 10.6 Å².